The number of carbonyl (C=O) groups excluding carboxylic acids is 1. The first-order valence-electron chi connectivity index (χ1n) is 10.3. The molecule has 0 saturated heterocycles. The SMILES string of the molecule is C[C@H](C/C(=C/c1ccc(-c2ccccc2)cc1)NC(=O)C1C=C(C(=O)O)C=CC1)C(=O)O. The number of rotatable bonds is 8. The van der Waals surface area contributed by atoms with E-state index < -0.39 is 23.8 Å². The van der Waals surface area contributed by atoms with Crippen LogP contribution in [0.5, 0.6) is 0 Å². The van der Waals surface area contributed by atoms with Gasteiger partial charge in [-0.2, -0.15) is 0 Å². The number of hydrogen-bond donors (Lipinski definition) is 3. The Morgan fingerprint density at radius 2 is 1.69 bits per heavy atom. The van der Waals surface area contributed by atoms with E-state index in [1.54, 1.807) is 19.1 Å². The van der Waals surface area contributed by atoms with Crippen molar-refractivity contribution in [1.82, 2.24) is 5.32 Å². The Morgan fingerprint density at radius 3 is 2.31 bits per heavy atom. The number of hydrogen-bond acceptors (Lipinski definition) is 3. The van der Waals surface area contributed by atoms with E-state index in [0.29, 0.717) is 12.1 Å². The Balaban J connectivity index is 1.81. The second kappa shape index (κ2) is 10.4. The van der Waals surface area contributed by atoms with E-state index in [2.05, 4.69) is 5.32 Å². The van der Waals surface area contributed by atoms with Crippen LogP contribution < -0.4 is 5.32 Å². The predicted octanol–water partition coefficient (Wildman–Crippen LogP) is 4.51. The molecule has 32 heavy (non-hydrogen) atoms. The predicted molar refractivity (Wildman–Crippen MR) is 122 cm³/mol. The molecule has 1 unspecified atom stereocenters. The monoisotopic (exact) mass is 431 g/mol. The average molecular weight is 431 g/mol. The van der Waals surface area contributed by atoms with Crippen LogP contribution in [0, 0.1) is 11.8 Å². The van der Waals surface area contributed by atoms with Crippen molar-refractivity contribution in [2.24, 2.45) is 11.8 Å². The molecular formula is C26H25NO5. The number of carboxylic acid groups (broad SMARTS) is 2. The lowest BCUT2D eigenvalue weighted by Gasteiger charge is -2.18. The molecular weight excluding hydrogens is 406 g/mol. The highest BCUT2D eigenvalue weighted by Gasteiger charge is 2.22. The van der Waals surface area contributed by atoms with Crippen LogP contribution in [-0.2, 0) is 14.4 Å². The van der Waals surface area contributed by atoms with Crippen molar-refractivity contribution in [2.45, 2.75) is 19.8 Å². The minimum Gasteiger partial charge on any atom is -0.481 e. The third-order valence-electron chi connectivity index (χ3n) is 5.24. The molecule has 2 atom stereocenters. The van der Waals surface area contributed by atoms with Crippen LogP contribution in [0.3, 0.4) is 0 Å². The molecule has 3 N–H and O–H groups in total. The van der Waals surface area contributed by atoms with Crippen LogP contribution in [0.2, 0.25) is 0 Å². The summed E-state index contributed by atoms with van der Waals surface area (Å²) < 4.78 is 0. The van der Waals surface area contributed by atoms with Crippen LogP contribution in [0.1, 0.15) is 25.3 Å². The van der Waals surface area contributed by atoms with Gasteiger partial charge >= 0.3 is 11.9 Å². The molecule has 0 bridgehead atoms. The minimum absolute atomic E-state index is 0.0670. The Bertz CT molecular complexity index is 1080. The molecule has 0 fully saturated rings. The topological polar surface area (TPSA) is 104 Å². The fourth-order valence-electron chi connectivity index (χ4n) is 3.43. The highest BCUT2D eigenvalue weighted by atomic mass is 16.4. The van der Waals surface area contributed by atoms with E-state index >= 15 is 0 Å². The van der Waals surface area contributed by atoms with Gasteiger partial charge < -0.3 is 15.5 Å². The second-order valence-corrected chi connectivity index (χ2v) is 7.76. The van der Waals surface area contributed by atoms with Crippen molar-refractivity contribution < 1.29 is 24.6 Å². The Hall–Kier alpha value is -3.93. The highest BCUT2D eigenvalue weighted by Crippen LogP contribution is 2.22. The summed E-state index contributed by atoms with van der Waals surface area (Å²) in [6.07, 6.45) is 6.83. The number of benzene rings is 2. The second-order valence-electron chi connectivity index (χ2n) is 7.76. The lowest BCUT2D eigenvalue weighted by molar-refractivity contribution is -0.141. The molecule has 1 aliphatic rings. The molecule has 0 saturated carbocycles. The van der Waals surface area contributed by atoms with Gasteiger partial charge in [0.25, 0.3) is 0 Å². The number of carbonyl (C=O) groups is 3. The number of nitrogens with one attached hydrogen (secondary N) is 1. The molecule has 0 aromatic heterocycles. The van der Waals surface area contributed by atoms with Crippen LogP contribution in [0.25, 0.3) is 17.2 Å². The van der Waals surface area contributed by atoms with Crippen LogP contribution in [0.4, 0.5) is 0 Å². The lowest BCUT2D eigenvalue weighted by atomic mass is 9.94. The molecule has 164 valence electrons. The molecule has 2 aromatic carbocycles. The Kier molecular flexibility index (Phi) is 7.39. The smallest absolute Gasteiger partial charge is 0.335 e. The molecule has 3 rings (SSSR count). The van der Waals surface area contributed by atoms with Gasteiger partial charge in [0.15, 0.2) is 0 Å². The highest BCUT2D eigenvalue weighted by molar-refractivity contribution is 5.93. The van der Waals surface area contributed by atoms with Gasteiger partial charge in [-0.25, -0.2) is 4.79 Å². The molecule has 0 heterocycles. The number of allylic oxidation sites excluding steroid dienone is 2. The quantitative estimate of drug-likeness (QED) is 0.571. The minimum atomic E-state index is -1.09. The van der Waals surface area contributed by atoms with Crippen molar-refractivity contribution in [3.05, 3.63) is 89.7 Å². The lowest BCUT2D eigenvalue weighted by Crippen LogP contribution is -2.31. The summed E-state index contributed by atoms with van der Waals surface area (Å²) in [5.41, 5.74) is 3.49. The van der Waals surface area contributed by atoms with E-state index in [0.717, 1.165) is 16.7 Å². The standard InChI is InChI=1S/C26H25NO5/c1-17(25(29)30)14-23(27-24(28)21-8-5-9-22(16-21)26(31)32)15-18-10-12-20(13-11-18)19-6-3-2-4-7-19/h2-7,9-13,15-17,21H,8,14H2,1H3,(H,27,28)(H,29,30)(H,31,32)/b23-15-/t17-,21?/m1/s1. The largest absolute Gasteiger partial charge is 0.481 e. The van der Waals surface area contributed by atoms with Crippen molar-refractivity contribution in [1.29, 1.82) is 0 Å². The third kappa shape index (κ3) is 6.04. The summed E-state index contributed by atoms with van der Waals surface area (Å²) in [6.45, 7) is 1.58. The number of amides is 1. The van der Waals surface area contributed by atoms with Crippen LogP contribution in [-0.4, -0.2) is 28.1 Å². The summed E-state index contributed by atoms with van der Waals surface area (Å²) in [6, 6.07) is 17.7. The first kappa shape index (κ1) is 22.7. The van der Waals surface area contributed by atoms with E-state index in [9.17, 15) is 24.6 Å². The maximum Gasteiger partial charge on any atom is 0.335 e. The van der Waals surface area contributed by atoms with Gasteiger partial charge in [-0.1, -0.05) is 79.7 Å². The van der Waals surface area contributed by atoms with Gasteiger partial charge in [0.1, 0.15) is 0 Å². The van der Waals surface area contributed by atoms with Crippen LogP contribution in [0.15, 0.2) is 84.1 Å². The summed E-state index contributed by atoms with van der Waals surface area (Å²) in [7, 11) is 0. The van der Waals surface area contributed by atoms with Gasteiger partial charge in [-0.05, 0) is 29.2 Å². The molecule has 0 spiro atoms. The zero-order chi connectivity index (χ0) is 23.1. The summed E-state index contributed by atoms with van der Waals surface area (Å²) in [4.78, 5) is 35.4. The first-order chi connectivity index (χ1) is 15.3. The Morgan fingerprint density at radius 1 is 1.03 bits per heavy atom. The molecule has 6 nitrogen and oxygen atoms in total. The molecule has 6 heteroatoms. The molecule has 0 aliphatic heterocycles. The fourth-order valence-corrected chi connectivity index (χ4v) is 3.43. The molecule has 0 radical (unpaired) electrons. The van der Waals surface area contributed by atoms with Crippen molar-refractivity contribution >= 4 is 23.9 Å². The maximum atomic E-state index is 12.8. The number of carboxylic acids is 2. The normalized spacial score (nSPS) is 16.7. The summed E-state index contributed by atoms with van der Waals surface area (Å²) in [5, 5.41) is 21.3. The first-order valence-corrected chi connectivity index (χ1v) is 10.3. The van der Waals surface area contributed by atoms with E-state index in [-0.39, 0.29) is 17.9 Å². The van der Waals surface area contributed by atoms with E-state index in [4.69, 9.17) is 0 Å². The van der Waals surface area contributed by atoms with Gasteiger partial charge in [0.2, 0.25) is 5.91 Å². The maximum absolute atomic E-state index is 12.8. The van der Waals surface area contributed by atoms with Gasteiger partial charge in [-0.3, -0.25) is 9.59 Å². The van der Waals surface area contributed by atoms with Gasteiger partial charge in [0.05, 0.1) is 17.4 Å². The molecule has 2 aromatic rings. The zero-order valence-corrected chi connectivity index (χ0v) is 17.7. The zero-order valence-electron chi connectivity index (χ0n) is 17.7. The van der Waals surface area contributed by atoms with E-state index in [1.807, 2.05) is 54.6 Å². The third-order valence-corrected chi connectivity index (χ3v) is 5.24. The van der Waals surface area contributed by atoms with Crippen molar-refractivity contribution in [3.8, 4) is 11.1 Å². The summed E-state index contributed by atoms with van der Waals surface area (Å²) in [5.74, 6) is -3.74. The molecule has 1 aliphatic carbocycles. The summed E-state index contributed by atoms with van der Waals surface area (Å²) >= 11 is 0. The van der Waals surface area contributed by atoms with Gasteiger partial charge in [0, 0.05) is 12.1 Å². The van der Waals surface area contributed by atoms with E-state index in [1.165, 1.54) is 12.2 Å². The van der Waals surface area contributed by atoms with Crippen molar-refractivity contribution in [2.75, 3.05) is 0 Å². The van der Waals surface area contributed by atoms with Crippen molar-refractivity contribution in [3.63, 3.8) is 0 Å². The Labute approximate surface area is 186 Å². The fraction of sp³-hybridized carbons (Fsp3) is 0.192. The van der Waals surface area contributed by atoms with Crippen LogP contribution >= 0.6 is 0 Å². The average Bonchev–Trinajstić information content (AvgIpc) is 2.80. The van der Waals surface area contributed by atoms with Gasteiger partial charge in [-0.15, -0.1) is 0 Å². The number of aliphatic carboxylic acids is 2. The molecule has 1 amide bonds.